The Bertz CT molecular complexity index is 1090. The monoisotopic (exact) mass is 435 g/mol. The number of rotatable bonds is 4. The molecule has 1 aliphatic rings. The molecule has 8 heteroatoms. The van der Waals surface area contributed by atoms with Gasteiger partial charge in [0.1, 0.15) is 5.65 Å². The molecule has 3 aromatic rings. The minimum Gasteiger partial charge on any atom is -0.301 e. The second-order valence-corrected chi connectivity index (χ2v) is 8.15. The summed E-state index contributed by atoms with van der Waals surface area (Å²) in [6, 6.07) is 7.05. The topological polar surface area (TPSA) is 30.2 Å². The molecule has 0 unspecified atom stereocenters. The van der Waals surface area contributed by atoms with Crippen molar-refractivity contribution in [3.05, 3.63) is 64.9 Å². The van der Waals surface area contributed by atoms with Crippen molar-refractivity contribution < 1.29 is 22.0 Å². The highest BCUT2D eigenvalue weighted by Crippen LogP contribution is 2.40. The number of aryl methyl sites for hydroxylation is 1. The summed E-state index contributed by atoms with van der Waals surface area (Å²) < 4.78 is 69.7. The van der Waals surface area contributed by atoms with Crippen LogP contribution in [0.1, 0.15) is 53.9 Å². The SMILES string of the molecule is Cc1cc(/C=C/c2ccncc2)cc2nc(C(F)(F)F)c(CC3CCC(F)(F)CC3)n12. The van der Waals surface area contributed by atoms with Crippen LogP contribution in [0.5, 0.6) is 0 Å². The zero-order chi connectivity index (χ0) is 22.2. The normalized spacial score (nSPS) is 17.6. The van der Waals surface area contributed by atoms with Crippen LogP contribution in [-0.2, 0) is 12.6 Å². The van der Waals surface area contributed by atoms with Crippen LogP contribution in [0.2, 0.25) is 0 Å². The van der Waals surface area contributed by atoms with Gasteiger partial charge in [-0.05, 0) is 67.5 Å². The van der Waals surface area contributed by atoms with Crippen molar-refractivity contribution in [2.45, 2.75) is 51.1 Å². The molecule has 3 heterocycles. The average Bonchev–Trinajstić information content (AvgIpc) is 3.08. The number of imidazole rings is 1. The fraction of sp³-hybridized carbons (Fsp3) is 0.391. The second kappa shape index (κ2) is 8.05. The third-order valence-electron chi connectivity index (χ3n) is 5.78. The quantitative estimate of drug-likeness (QED) is 0.433. The van der Waals surface area contributed by atoms with Crippen LogP contribution in [0.4, 0.5) is 22.0 Å². The van der Waals surface area contributed by atoms with Crippen molar-refractivity contribution in [1.29, 1.82) is 0 Å². The van der Waals surface area contributed by atoms with Gasteiger partial charge in [-0.2, -0.15) is 13.2 Å². The van der Waals surface area contributed by atoms with Crippen LogP contribution in [0.3, 0.4) is 0 Å². The molecule has 1 saturated carbocycles. The first-order valence-electron chi connectivity index (χ1n) is 10.2. The summed E-state index contributed by atoms with van der Waals surface area (Å²) in [6.07, 6.45) is 2.32. The van der Waals surface area contributed by atoms with E-state index in [1.807, 2.05) is 24.3 Å². The molecule has 1 fully saturated rings. The Morgan fingerprint density at radius 3 is 2.35 bits per heavy atom. The van der Waals surface area contributed by atoms with Crippen LogP contribution in [0.25, 0.3) is 17.8 Å². The Hall–Kier alpha value is -2.77. The molecule has 0 bridgehead atoms. The molecule has 0 N–H and O–H groups in total. The zero-order valence-corrected chi connectivity index (χ0v) is 17.0. The first-order valence-corrected chi connectivity index (χ1v) is 10.2. The third-order valence-corrected chi connectivity index (χ3v) is 5.78. The van der Waals surface area contributed by atoms with Gasteiger partial charge < -0.3 is 4.40 Å². The molecule has 0 radical (unpaired) electrons. The maximum atomic E-state index is 13.7. The summed E-state index contributed by atoms with van der Waals surface area (Å²) in [6.45, 7) is 1.73. The molecule has 0 aliphatic heterocycles. The maximum Gasteiger partial charge on any atom is 0.435 e. The molecule has 4 rings (SSSR count). The molecular weight excluding hydrogens is 413 g/mol. The molecule has 0 atom stereocenters. The van der Waals surface area contributed by atoms with E-state index in [1.54, 1.807) is 31.5 Å². The fourth-order valence-corrected chi connectivity index (χ4v) is 4.22. The standard InChI is InChI=1S/C23H22F5N3/c1-15-12-18(3-2-16-6-10-29-11-7-16)14-20-30-21(23(26,27)28)19(31(15)20)13-17-4-8-22(24,25)9-5-17/h2-3,6-7,10-12,14,17H,4-5,8-9,13H2,1H3/b3-2+. The van der Waals surface area contributed by atoms with E-state index in [9.17, 15) is 22.0 Å². The molecule has 0 amide bonds. The molecular formula is C23H22F5N3. The number of halogens is 5. The Labute approximate surface area is 176 Å². The number of hydrogen-bond acceptors (Lipinski definition) is 2. The summed E-state index contributed by atoms with van der Waals surface area (Å²) in [7, 11) is 0. The van der Waals surface area contributed by atoms with E-state index in [2.05, 4.69) is 9.97 Å². The second-order valence-electron chi connectivity index (χ2n) is 8.15. The Balaban J connectivity index is 1.70. The summed E-state index contributed by atoms with van der Waals surface area (Å²) in [5.74, 6) is -2.93. The number of aromatic nitrogens is 3. The van der Waals surface area contributed by atoms with Crippen LogP contribution in [0.15, 0.2) is 36.7 Å². The number of fused-ring (bicyclic) bond motifs is 1. The molecule has 0 saturated heterocycles. The van der Waals surface area contributed by atoms with E-state index >= 15 is 0 Å². The molecule has 1 aliphatic carbocycles. The smallest absolute Gasteiger partial charge is 0.301 e. The maximum absolute atomic E-state index is 13.7. The predicted molar refractivity (Wildman–Crippen MR) is 109 cm³/mol. The van der Waals surface area contributed by atoms with E-state index in [-0.39, 0.29) is 49.4 Å². The van der Waals surface area contributed by atoms with Gasteiger partial charge in [0.25, 0.3) is 0 Å². The first-order chi connectivity index (χ1) is 14.6. The number of nitrogens with zero attached hydrogens (tertiary/aromatic N) is 3. The van der Waals surface area contributed by atoms with Crippen LogP contribution >= 0.6 is 0 Å². The van der Waals surface area contributed by atoms with E-state index in [0.717, 1.165) is 11.1 Å². The van der Waals surface area contributed by atoms with Gasteiger partial charge >= 0.3 is 6.18 Å². The number of hydrogen-bond donors (Lipinski definition) is 0. The molecule has 3 aromatic heterocycles. The lowest BCUT2D eigenvalue weighted by atomic mass is 9.83. The lowest BCUT2D eigenvalue weighted by Gasteiger charge is -2.28. The lowest BCUT2D eigenvalue weighted by molar-refractivity contribution is -0.141. The number of alkyl halides is 5. The van der Waals surface area contributed by atoms with E-state index in [0.29, 0.717) is 5.69 Å². The summed E-state index contributed by atoms with van der Waals surface area (Å²) in [5, 5.41) is 0. The fourth-order valence-electron chi connectivity index (χ4n) is 4.22. The van der Waals surface area contributed by atoms with E-state index in [1.165, 1.54) is 4.40 Å². The highest BCUT2D eigenvalue weighted by molar-refractivity contribution is 5.71. The summed E-state index contributed by atoms with van der Waals surface area (Å²) in [5.41, 5.74) is 1.60. The molecule has 164 valence electrons. The lowest BCUT2D eigenvalue weighted by Crippen LogP contribution is -2.26. The zero-order valence-electron chi connectivity index (χ0n) is 17.0. The number of pyridine rings is 2. The van der Waals surface area contributed by atoms with Gasteiger partial charge in [-0.3, -0.25) is 4.98 Å². The van der Waals surface area contributed by atoms with Crippen molar-refractivity contribution in [3.63, 3.8) is 0 Å². The van der Waals surface area contributed by atoms with Gasteiger partial charge in [0.05, 0.1) is 5.69 Å². The van der Waals surface area contributed by atoms with Crippen LogP contribution in [-0.4, -0.2) is 20.3 Å². The first kappa shape index (κ1) is 21.5. The van der Waals surface area contributed by atoms with Gasteiger partial charge in [0.15, 0.2) is 5.69 Å². The van der Waals surface area contributed by atoms with Crippen molar-refractivity contribution in [2.75, 3.05) is 0 Å². The Kier molecular flexibility index (Phi) is 5.58. The van der Waals surface area contributed by atoms with Crippen LogP contribution < -0.4 is 0 Å². The van der Waals surface area contributed by atoms with E-state index in [4.69, 9.17) is 0 Å². The molecule has 3 nitrogen and oxygen atoms in total. The Morgan fingerprint density at radius 1 is 1.06 bits per heavy atom. The van der Waals surface area contributed by atoms with Gasteiger partial charge in [-0.15, -0.1) is 0 Å². The predicted octanol–water partition coefficient (Wildman–Crippen LogP) is 6.59. The molecule has 0 spiro atoms. The van der Waals surface area contributed by atoms with Crippen molar-refractivity contribution >= 4 is 17.8 Å². The van der Waals surface area contributed by atoms with Crippen LogP contribution in [0, 0.1) is 12.8 Å². The average molecular weight is 435 g/mol. The minimum atomic E-state index is -4.61. The largest absolute Gasteiger partial charge is 0.435 e. The summed E-state index contributed by atoms with van der Waals surface area (Å²) >= 11 is 0. The van der Waals surface area contributed by atoms with Crippen molar-refractivity contribution in [1.82, 2.24) is 14.4 Å². The van der Waals surface area contributed by atoms with Gasteiger partial charge in [0, 0.05) is 30.9 Å². The van der Waals surface area contributed by atoms with Gasteiger partial charge in [-0.1, -0.05) is 12.2 Å². The van der Waals surface area contributed by atoms with Crippen molar-refractivity contribution in [2.24, 2.45) is 5.92 Å². The minimum absolute atomic E-state index is 0.0554. The molecule has 0 aromatic carbocycles. The summed E-state index contributed by atoms with van der Waals surface area (Å²) in [4.78, 5) is 7.85. The highest BCUT2D eigenvalue weighted by Gasteiger charge is 2.40. The Morgan fingerprint density at radius 2 is 1.71 bits per heavy atom. The van der Waals surface area contributed by atoms with E-state index < -0.39 is 17.8 Å². The van der Waals surface area contributed by atoms with Gasteiger partial charge in [0.2, 0.25) is 5.92 Å². The van der Waals surface area contributed by atoms with Gasteiger partial charge in [-0.25, -0.2) is 13.8 Å². The highest BCUT2D eigenvalue weighted by atomic mass is 19.4. The third kappa shape index (κ3) is 4.78. The molecule has 31 heavy (non-hydrogen) atoms. The van der Waals surface area contributed by atoms with Crippen molar-refractivity contribution in [3.8, 4) is 0 Å².